The predicted octanol–water partition coefficient (Wildman–Crippen LogP) is 6.54. The molecule has 7 heteroatoms. The molecule has 2 aromatic rings. The van der Waals surface area contributed by atoms with E-state index in [0.29, 0.717) is 47.6 Å². The maximum atomic E-state index is 13.7. The van der Waals surface area contributed by atoms with Crippen LogP contribution in [0.2, 0.25) is 0 Å². The molecule has 0 saturated heterocycles. The van der Waals surface area contributed by atoms with Gasteiger partial charge in [-0.1, -0.05) is 56.7 Å². The van der Waals surface area contributed by atoms with E-state index in [2.05, 4.69) is 23.9 Å². The van der Waals surface area contributed by atoms with Crippen LogP contribution in [0, 0.1) is 0 Å². The fourth-order valence-corrected chi connectivity index (χ4v) is 5.25. The van der Waals surface area contributed by atoms with Gasteiger partial charge >= 0.3 is 0 Å². The Balaban J connectivity index is 1.52. The highest BCUT2D eigenvalue weighted by Gasteiger charge is 2.35. The Kier molecular flexibility index (Phi) is 9.23. The minimum atomic E-state index is -0.725. The number of benzene rings is 2. The molecule has 0 radical (unpaired) electrons. The minimum Gasteiger partial charge on any atom is -0.492 e. The van der Waals surface area contributed by atoms with Crippen LogP contribution in [0.1, 0.15) is 92.5 Å². The molecule has 1 aliphatic carbocycles. The summed E-state index contributed by atoms with van der Waals surface area (Å²) in [5.41, 5.74) is 3.09. The first-order chi connectivity index (χ1) is 18.7. The number of hydrogen-bond donors (Lipinski definition) is 0. The monoisotopic (exact) mass is 532 g/mol. The molecule has 1 aliphatic heterocycles. The second-order valence-corrected chi connectivity index (χ2v) is 10.6. The van der Waals surface area contributed by atoms with Crippen molar-refractivity contribution in [1.29, 1.82) is 0 Å². The molecule has 1 unspecified atom stereocenters. The molecule has 7 nitrogen and oxygen atoms in total. The second-order valence-electron chi connectivity index (χ2n) is 10.6. The lowest BCUT2D eigenvalue weighted by molar-refractivity contribution is -0.129. The summed E-state index contributed by atoms with van der Waals surface area (Å²) in [7, 11) is 0. The summed E-state index contributed by atoms with van der Waals surface area (Å²) in [4.78, 5) is 34.6. The molecule has 0 fully saturated rings. The maximum Gasteiger partial charge on any atom is 0.271 e. The quantitative estimate of drug-likeness (QED) is 0.273. The van der Waals surface area contributed by atoms with Gasteiger partial charge in [0.1, 0.15) is 12.4 Å². The fraction of sp³-hybridized carbons (Fsp3) is 0.469. The van der Waals surface area contributed by atoms with Crippen molar-refractivity contribution in [2.75, 3.05) is 26.2 Å². The van der Waals surface area contributed by atoms with Gasteiger partial charge in [0.25, 0.3) is 5.79 Å². The van der Waals surface area contributed by atoms with Crippen molar-refractivity contribution in [3.05, 3.63) is 76.4 Å². The Labute approximate surface area is 231 Å². The highest BCUT2D eigenvalue weighted by atomic mass is 16.8. The molecular weight excluding hydrogens is 492 g/mol. The van der Waals surface area contributed by atoms with Gasteiger partial charge < -0.3 is 19.2 Å². The van der Waals surface area contributed by atoms with Crippen molar-refractivity contribution in [3.63, 3.8) is 0 Å². The Morgan fingerprint density at radius 3 is 2.23 bits per heavy atom. The van der Waals surface area contributed by atoms with Crippen LogP contribution in [0.4, 0.5) is 0 Å². The van der Waals surface area contributed by atoms with E-state index in [1.165, 1.54) is 0 Å². The first kappa shape index (κ1) is 28.6. The van der Waals surface area contributed by atoms with Crippen LogP contribution in [-0.4, -0.2) is 54.4 Å². The topological polar surface area (TPSA) is 77.4 Å². The number of carbonyl (C=O) groups is 2. The van der Waals surface area contributed by atoms with E-state index in [9.17, 15) is 9.59 Å². The average molecular weight is 533 g/mol. The van der Waals surface area contributed by atoms with Crippen LogP contribution in [0.5, 0.6) is 5.75 Å². The number of ketones is 2. The van der Waals surface area contributed by atoms with Crippen molar-refractivity contribution < 1.29 is 23.9 Å². The Morgan fingerprint density at radius 2 is 1.62 bits per heavy atom. The summed E-state index contributed by atoms with van der Waals surface area (Å²) in [6, 6.07) is 15.1. The van der Waals surface area contributed by atoms with Gasteiger partial charge in [-0.3, -0.25) is 9.59 Å². The normalized spacial score (nSPS) is 17.0. The molecule has 39 heavy (non-hydrogen) atoms. The number of allylic oxidation sites excluding steroid dienone is 2. The molecule has 0 N–H and O–H groups in total. The molecule has 1 heterocycles. The molecule has 0 amide bonds. The third kappa shape index (κ3) is 6.77. The van der Waals surface area contributed by atoms with Crippen molar-refractivity contribution in [1.82, 2.24) is 4.90 Å². The molecule has 0 spiro atoms. The van der Waals surface area contributed by atoms with Gasteiger partial charge in [0.2, 0.25) is 5.90 Å². The van der Waals surface area contributed by atoms with Gasteiger partial charge in [0.15, 0.2) is 11.6 Å². The first-order valence-electron chi connectivity index (χ1n) is 14.0. The number of fused-ring (bicyclic) bond motifs is 1. The van der Waals surface area contributed by atoms with Gasteiger partial charge in [-0.2, -0.15) is 0 Å². The lowest BCUT2D eigenvalue weighted by atomic mass is 9.75. The van der Waals surface area contributed by atoms with Crippen LogP contribution in [0.3, 0.4) is 0 Å². The zero-order valence-electron chi connectivity index (χ0n) is 23.8. The zero-order valence-corrected chi connectivity index (χ0v) is 23.8. The van der Waals surface area contributed by atoms with E-state index in [0.717, 1.165) is 43.8 Å². The van der Waals surface area contributed by atoms with Crippen molar-refractivity contribution in [2.45, 2.75) is 72.0 Å². The first-order valence-corrected chi connectivity index (χ1v) is 14.0. The summed E-state index contributed by atoms with van der Waals surface area (Å²) >= 11 is 0. The molecule has 2 aliphatic rings. The summed E-state index contributed by atoms with van der Waals surface area (Å²) < 4.78 is 11.7. The van der Waals surface area contributed by atoms with Gasteiger partial charge in [0, 0.05) is 55.0 Å². The molecular formula is C32H40N2O5. The van der Waals surface area contributed by atoms with Crippen LogP contribution in [-0.2, 0) is 9.57 Å². The molecule has 1 atom stereocenters. The van der Waals surface area contributed by atoms with E-state index >= 15 is 0 Å². The summed E-state index contributed by atoms with van der Waals surface area (Å²) in [6.07, 6.45) is 3.03. The summed E-state index contributed by atoms with van der Waals surface area (Å²) in [5, 5.41) is 4.04. The van der Waals surface area contributed by atoms with E-state index in [-0.39, 0.29) is 17.5 Å². The standard InChI is InChI=1S/C32H40N2O5/c1-6-34(7-2)20-21-37-24-18-16-23(17-19-24)25(12-10-11-15-28-33-39-32(4,5)38-28)29-22(3)30(35)26-13-8-9-14-27(26)31(29)36/h8-9,13-14,16-19,25H,6-7,10-12,15,20-21H2,1-5H3. The Morgan fingerprint density at radius 1 is 0.949 bits per heavy atom. The lowest BCUT2D eigenvalue weighted by Crippen LogP contribution is -2.27. The maximum absolute atomic E-state index is 13.7. The number of ether oxygens (including phenoxy) is 2. The number of unbranched alkanes of at least 4 members (excludes halogenated alkanes) is 1. The number of Topliss-reactive ketones (excluding diaryl/α,β-unsaturated/α-hetero) is 2. The summed E-state index contributed by atoms with van der Waals surface area (Å²) in [6.45, 7) is 13.2. The number of rotatable bonds is 13. The molecule has 4 rings (SSSR count). The van der Waals surface area contributed by atoms with E-state index in [4.69, 9.17) is 14.3 Å². The van der Waals surface area contributed by atoms with Crippen molar-refractivity contribution in [3.8, 4) is 5.75 Å². The van der Waals surface area contributed by atoms with Gasteiger partial charge in [-0.25, -0.2) is 0 Å². The van der Waals surface area contributed by atoms with Crippen molar-refractivity contribution >= 4 is 17.5 Å². The third-order valence-corrected chi connectivity index (χ3v) is 7.47. The van der Waals surface area contributed by atoms with Crippen LogP contribution in [0.15, 0.2) is 64.8 Å². The molecule has 0 saturated carbocycles. The highest BCUT2D eigenvalue weighted by molar-refractivity contribution is 6.27. The number of carbonyl (C=O) groups excluding carboxylic acids is 2. The smallest absolute Gasteiger partial charge is 0.271 e. The van der Waals surface area contributed by atoms with Crippen LogP contribution < -0.4 is 4.74 Å². The number of oxime groups is 1. The zero-order chi connectivity index (χ0) is 28.0. The lowest BCUT2D eigenvalue weighted by Gasteiger charge is -2.26. The average Bonchev–Trinajstić information content (AvgIpc) is 3.29. The molecule has 0 aromatic heterocycles. The highest BCUT2D eigenvalue weighted by Crippen LogP contribution is 2.39. The van der Waals surface area contributed by atoms with E-state index < -0.39 is 5.79 Å². The largest absolute Gasteiger partial charge is 0.492 e. The molecule has 2 aromatic carbocycles. The van der Waals surface area contributed by atoms with E-state index in [1.54, 1.807) is 25.1 Å². The van der Waals surface area contributed by atoms with Gasteiger partial charge in [0.05, 0.1) is 0 Å². The van der Waals surface area contributed by atoms with Crippen LogP contribution >= 0.6 is 0 Å². The Hall–Kier alpha value is -3.45. The number of likely N-dealkylation sites (N-methyl/N-ethyl adjacent to an activating group) is 1. The second kappa shape index (κ2) is 12.6. The van der Waals surface area contributed by atoms with Gasteiger partial charge in [-0.05, 0) is 55.7 Å². The third-order valence-electron chi connectivity index (χ3n) is 7.47. The molecule has 208 valence electrons. The molecule has 0 bridgehead atoms. The summed E-state index contributed by atoms with van der Waals surface area (Å²) in [5.74, 6) is 0.318. The number of hydrogen-bond acceptors (Lipinski definition) is 7. The Bertz CT molecular complexity index is 1240. The van der Waals surface area contributed by atoms with Crippen LogP contribution in [0.25, 0.3) is 0 Å². The van der Waals surface area contributed by atoms with Crippen molar-refractivity contribution in [2.24, 2.45) is 5.16 Å². The number of nitrogens with zero attached hydrogens (tertiary/aromatic N) is 2. The van der Waals surface area contributed by atoms with Gasteiger partial charge in [-0.15, -0.1) is 0 Å². The fourth-order valence-electron chi connectivity index (χ4n) is 5.25. The SMILES string of the molecule is CCN(CC)CCOc1ccc(C(CCCCC2=NOC(C)(C)O2)C2=C(C)C(=O)c3ccccc3C2=O)cc1. The predicted molar refractivity (Wildman–Crippen MR) is 152 cm³/mol. The van der Waals surface area contributed by atoms with E-state index in [1.807, 2.05) is 44.2 Å². The minimum absolute atomic E-state index is 0.0640.